The Kier molecular flexibility index (Phi) is 4.29. The second kappa shape index (κ2) is 6.77. The normalized spacial score (nSPS) is 11.0. The molecule has 0 saturated heterocycles. The highest BCUT2D eigenvalue weighted by atomic mass is 35.5. The molecule has 0 radical (unpaired) electrons. The quantitative estimate of drug-likeness (QED) is 0.511. The van der Waals surface area contributed by atoms with Crippen molar-refractivity contribution in [1.29, 1.82) is 0 Å². The van der Waals surface area contributed by atoms with Crippen molar-refractivity contribution < 1.29 is 4.39 Å². The maximum atomic E-state index is 13.5. The van der Waals surface area contributed by atoms with E-state index < -0.39 is 17.1 Å². The van der Waals surface area contributed by atoms with E-state index in [1.807, 2.05) is 0 Å². The molecule has 3 heterocycles. The molecule has 8 heteroatoms. The Morgan fingerprint density at radius 1 is 1.07 bits per heavy atom. The van der Waals surface area contributed by atoms with Crippen molar-refractivity contribution in [1.82, 2.24) is 19.1 Å². The van der Waals surface area contributed by atoms with Crippen LogP contribution in [0.15, 0.2) is 70.5 Å². The van der Waals surface area contributed by atoms with Crippen LogP contribution in [0.1, 0.15) is 5.56 Å². The molecule has 134 valence electrons. The van der Waals surface area contributed by atoms with Crippen molar-refractivity contribution >= 4 is 11.6 Å². The van der Waals surface area contributed by atoms with Crippen LogP contribution in [-0.2, 0) is 6.54 Å². The number of aromatic nitrogens is 4. The molecule has 4 rings (SSSR count). The third-order valence-corrected chi connectivity index (χ3v) is 4.30. The van der Waals surface area contributed by atoms with Crippen LogP contribution in [0.3, 0.4) is 0 Å². The molecule has 0 amide bonds. The average molecular weight is 383 g/mol. The number of hydrogen-bond donors (Lipinski definition) is 0. The highest BCUT2D eigenvalue weighted by Crippen LogP contribution is 2.16. The summed E-state index contributed by atoms with van der Waals surface area (Å²) < 4.78 is 16.0. The molecule has 0 fully saturated rings. The van der Waals surface area contributed by atoms with Gasteiger partial charge in [0.2, 0.25) is 0 Å². The fourth-order valence-corrected chi connectivity index (χ4v) is 2.96. The second-order valence-electron chi connectivity index (χ2n) is 5.88. The lowest BCUT2D eigenvalue weighted by Gasteiger charge is -2.15. The summed E-state index contributed by atoms with van der Waals surface area (Å²) in [5, 5.41) is 0.375. The first kappa shape index (κ1) is 17.1. The average Bonchev–Trinajstić information content (AvgIpc) is 2.64. The molecule has 27 heavy (non-hydrogen) atoms. The minimum Gasteiger partial charge on any atom is -0.328 e. The second-order valence-corrected chi connectivity index (χ2v) is 6.26. The minimum atomic E-state index is -0.771. The van der Waals surface area contributed by atoms with Crippen LogP contribution < -0.4 is 11.2 Å². The Bertz CT molecular complexity index is 1220. The first-order valence-corrected chi connectivity index (χ1v) is 8.39. The molecule has 0 N–H and O–H groups in total. The molecule has 2 aliphatic heterocycles. The summed E-state index contributed by atoms with van der Waals surface area (Å²) in [6.45, 7) is 0.358. The first-order valence-electron chi connectivity index (χ1n) is 8.01. The number of fused-ring (bicyclic) bond motifs is 1. The molecule has 0 unspecified atom stereocenters. The molecule has 0 saturated carbocycles. The van der Waals surface area contributed by atoms with Gasteiger partial charge in [0.1, 0.15) is 11.0 Å². The summed E-state index contributed by atoms with van der Waals surface area (Å²) in [4.78, 5) is 33.4. The zero-order chi connectivity index (χ0) is 19.0. The first-order chi connectivity index (χ1) is 13.0. The third kappa shape index (κ3) is 3.24. The van der Waals surface area contributed by atoms with Crippen LogP contribution in [0.2, 0.25) is 5.15 Å². The Morgan fingerprint density at radius 2 is 1.93 bits per heavy atom. The standard InChI is InChI=1S/C19H12ClFN4O2/c20-16-7-6-12(10-22-16)11-24-8-2-5-15-17(24)23-19(27)25(18(15)26)14-4-1-3-13(21)9-14/h1-10H,11H2. The molecule has 0 aliphatic carbocycles. The maximum absolute atomic E-state index is 13.5. The summed E-state index contributed by atoms with van der Waals surface area (Å²) in [6.07, 6.45) is 3.33. The summed E-state index contributed by atoms with van der Waals surface area (Å²) in [7, 11) is 0. The summed E-state index contributed by atoms with van der Waals surface area (Å²) in [5.41, 5.74) is -0.105. The van der Waals surface area contributed by atoms with Crippen LogP contribution in [0.4, 0.5) is 4.39 Å². The molecule has 0 spiro atoms. The highest BCUT2D eigenvalue weighted by molar-refractivity contribution is 6.29. The van der Waals surface area contributed by atoms with Crippen LogP contribution in [0.25, 0.3) is 17.1 Å². The highest BCUT2D eigenvalue weighted by Gasteiger charge is 2.18. The molecule has 1 aromatic heterocycles. The number of hydrogen-bond acceptors (Lipinski definition) is 4. The number of halogens is 2. The van der Waals surface area contributed by atoms with Gasteiger partial charge < -0.3 is 4.57 Å². The molecule has 2 aromatic rings. The summed E-state index contributed by atoms with van der Waals surface area (Å²) >= 11 is 5.80. The zero-order valence-corrected chi connectivity index (χ0v) is 14.6. The Morgan fingerprint density at radius 3 is 2.67 bits per heavy atom. The van der Waals surface area contributed by atoms with E-state index in [2.05, 4.69) is 9.97 Å². The van der Waals surface area contributed by atoms with E-state index in [-0.39, 0.29) is 17.1 Å². The van der Waals surface area contributed by atoms with Crippen LogP contribution in [0.5, 0.6) is 0 Å². The van der Waals surface area contributed by atoms with Gasteiger partial charge in [-0.2, -0.15) is 4.98 Å². The van der Waals surface area contributed by atoms with Crippen molar-refractivity contribution in [2.45, 2.75) is 6.54 Å². The van der Waals surface area contributed by atoms with Gasteiger partial charge in [0.25, 0.3) is 5.56 Å². The zero-order valence-electron chi connectivity index (χ0n) is 13.8. The van der Waals surface area contributed by atoms with E-state index in [1.165, 1.54) is 18.2 Å². The van der Waals surface area contributed by atoms with Gasteiger partial charge in [-0.1, -0.05) is 23.7 Å². The van der Waals surface area contributed by atoms with Gasteiger partial charge >= 0.3 is 5.69 Å². The van der Waals surface area contributed by atoms with Crippen LogP contribution >= 0.6 is 11.6 Å². The lowest BCUT2D eigenvalue weighted by molar-refractivity contribution is 0.625. The van der Waals surface area contributed by atoms with E-state index >= 15 is 0 Å². The van der Waals surface area contributed by atoms with Gasteiger partial charge in [0, 0.05) is 12.4 Å². The van der Waals surface area contributed by atoms with Crippen molar-refractivity contribution in [3.63, 3.8) is 0 Å². The van der Waals surface area contributed by atoms with Gasteiger partial charge in [-0.05, 0) is 42.0 Å². The van der Waals surface area contributed by atoms with E-state index in [0.29, 0.717) is 11.7 Å². The van der Waals surface area contributed by atoms with Gasteiger partial charge in [0.05, 0.1) is 17.8 Å². The predicted octanol–water partition coefficient (Wildman–Crippen LogP) is 2.73. The molecular weight excluding hydrogens is 371 g/mol. The SMILES string of the molecule is O=c1nc2n(Cc3ccc(Cl)nc3)cccc-2c(=O)n1-c1cccc(F)c1. The number of pyridine rings is 2. The molecule has 6 nitrogen and oxygen atoms in total. The van der Waals surface area contributed by atoms with Crippen molar-refractivity contribution in [3.8, 4) is 17.1 Å². The summed E-state index contributed by atoms with van der Waals surface area (Å²) in [5.74, 6) is -0.299. The maximum Gasteiger partial charge on any atom is 0.357 e. The third-order valence-electron chi connectivity index (χ3n) is 4.08. The summed E-state index contributed by atoms with van der Waals surface area (Å²) in [6, 6.07) is 12.0. The molecule has 2 aliphatic rings. The predicted molar refractivity (Wildman–Crippen MR) is 99.0 cm³/mol. The van der Waals surface area contributed by atoms with Gasteiger partial charge in [-0.3, -0.25) is 4.79 Å². The van der Waals surface area contributed by atoms with E-state index in [9.17, 15) is 14.0 Å². The van der Waals surface area contributed by atoms with Gasteiger partial charge in [-0.15, -0.1) is 0 Å². The fraction of sp³-hybridized carbons (Fsp3) is 0.0526. The van der Waals surface area contributed by atoms with E-state index in [0.717, 1.165) is 16.2 Å². The van der Waals surface area contributed by atoms with E-state index in [1.54, 1.807) is 41.2 Å². The van der Waals surface area contributed by atoms with Crippen molar-refractivity contribution in [2.75, 3.05) is 0 Å². The Labute approximate surface area is 157 Å². The number of nitrogens with zero attached hydrogens (tertiary/aromatic N) is 4. The van der Waals surface area contributed by atoms with Crippen LogP contribution in [0, 0.1) is 5.82 Å². The fourth-order valence-electron chi connectivity index (χ4n) is 2.85. The Hall–Kier alpha value is -3.32. The lowest BCUT2D eigenvalue weighted by Crippen LogP contribution is -2.36. The van der Waals surface area contributed by atoms with Crippen molar-refractivity contribution in [3.05, 3.63) is 98.3 Å². The number of benzene rings is 1. The van der Waals surface area contributed by atoms with Crippen molar-refractivity contribution in [2.24, 2.45) is 0 Å². The van der Waals surface area contributed by atoms with Gasteiger partial charge in [-0.25, -0.2) is 18.7 Å². The Balaban J connectivity index is 1.87. The topological polar surface area (TPSA) is 69.8 Å². The molecule has 1 aromatic carbocycles. The minimum absolute atomic E-state index is 0.136. The lowest BCUT2D eigenvalue weighted by atomic mass is 10.2. The molecule has 0 atom stereocenters. The monoisotopic (exact) mass is 382 g/mol. The number of rotatable bonds is 3. The smallest absolute Gasteiger partial charge is 0.328 e. The van der Waals surface area contributed by atoms with E-state index in [4.69, 9.17) is 11.6 Å². The van der Waals surface area contributed by atoms with Crippen LogP contribution in [-0.4, -0.2) is 19.1 Å². The largest absolute Gasteiger partial charge is 0.357 e. The molecular formula is C19H12ClFN4O2. The van der Waals surface area contributed by atoms with Gasteiger partial charge in [0.15, 0.2) is 5.82 Å². The molecule has 0 bridgehead atoms.